The van der Waals surface area contributed by atoms with Gasteiger partial charge in [0, 0.05) is 15.4 Å². The summed E-state index contributed by atoms with van der Waals surface area (Å²) in [7, 11) is 0. The molecule has 2 aromatic rings. The van der Waals surface area contributed by atoms with E-state index >= 15 is 0 Å². The van der Waals surface area contributed by atoms with Crippen molar-refractivity contribution in [3.05, 3.63) is 56.7 Å². The molecule has 0 radical (unpaired) electrons. The number of nitrogens with zero attached hydrogens (tertiary/aromatic N) is 1. The van der Waals surface area contributed by atoms with Crippen molar-refractivity contribution < 1.29 is 0 Å². The predicted molar refractivity (Wildman–Crippen MR) is 78.1 cm³/mol. The standard InChI is InChI=1S/C12H10BrClN2OS/c13-9-3-1-2-4-10(9)18-7-11-15-8(6-14)5-12(17)16-11/h1-5H,6-7H2,(H,15,16,17). The molecule has 1 N–H and O–H groups in total. The first-order valence-electron chi connectivity index (χ1n) is 5.21. The van der Waals surface area contributed by atoms with E-state index in [1.165, 1.54) is 6.07 Å². The second-order valence-corrected chi connectivity index (χ2v) is 5.67. The molecule has 0 amide bonds. The van der Waals surface area contributed by atoms with Crippen LogP contribution in [0.3, 0.4) is 0 Å². The van der Waals surface area contributed by atoms with E-state index in [1.54, 1.807) is 11.8 Å². The van der Waals surface area contributed by atoms with Gasteiger partial charge in [0.25, 0.3) is 5.56 Å². The van der Waals surface area contributed by atoms with Gasteiger partial charge in [0.2, 0.25) is 0 Å². The Kier molecular flexibility index (Phi) is 4.86. The van der Waals surface area contributed by atoms with Crippen LogP contribution in [0.25, 0.3) is 0 Å². The van der Waals surface area contributed by atoms with Crippen LogP contribution in [0.5, 0.6) is 0 Å². The Balaban J connectivity index is 2.13. The molecule has 1 aromatic carbocycles. The predicted octanol–water partition coefficient (Wildman–Crippen LogP) is 3.56. The van der Waals surface area contributed by atoms with Gasteiger partial charge in [0.15, 0.2) is 0 Å². The van der Waals surface area contributed by atoms with Gasteiger partial charge in [-0.25, -0.2) is 4.98 Å². The number of halogens is 2. The van der Waals surface area contributed by atoms with E-state index in [9.17, 15) is 4.79 Å². The van der Waals surface area contributed by atoms with E-state index < -0.39 is 0 Å². The second kappa shape index (κ2) is 6.41. The normalized spacial score (nSPS) is 10.6. The third-order valence-electron chi connectivity index (χ3n) is 2.18. The summed E-state index contributed by atoms with van der Waals surface area (Å²) in [6.07, 6.45) is 0. The molecule has 0 aliphatic rings. The van der Waals surface area contributed by atoms with Crippen molar-refractivity contribution in [3.8, 4) is 0 Å². The molecule has 0 atom stereocenters. The van der Waals surface area contributed by atoms with Crippen molar-refractivity contribution in [2.24, 2.45) is 0 Å². The summed E-state index contributed by atoms with van der Waals surface area (Å²) in [5, 5.41) is 0. The molecule has 1 aromatic heterocycles. The highest BCUT2D eigenvalue weighted by Crippen LogP contribution is 2.28. The average molecular weight is 346 g/mol. The lowest BCUT2D eigenvalue weighted by molar-refractivity contribution is 0.959. The minimum absolute atomic E-state index is 0.164. The van der Waals surface area contributed by atoms with Gasteiger partial charge in [-0.1, -0.05) is 12.1 Å². The van der Waals surface area contributed by atoms with E-state index in [2.05, 4.69) is 25.9 Å². The minimum atomic E-state index is -0.164. The van der Waals surface area contributed by atoms with Gasteiger partial charge in [0.05, 0.1) is 17.3 Å². The molecule has 0 fully saturated rings. The van der Waals surface area contributed by atoms with Crippen LogP contribution in [0.4, 0.5) is 0 Å². The van der Waals surface area contributed by atoms with E-state index in [4.69, 9.17) is 11.6 Å². The average Bonchev–Trinajstić information content (AvgIpc) is 2.37. The summed E-state index contributed by atoms with van der Waals surface area (Å²) < 4.78 is 1.03. The number of thioether (sulfide) groups is 1. The molecule has 18 heavy (non-hydrogen) atoms. The van der Waals surface area contributed by atoms with E-state index in [0.717, 1.165) is 9.37 Å². The molecule has 94 valence electrons. The Hall–Kier alpha value is -0.780. The Morgan fingerprint density at radius 1 is 1.39 bits per heavy atom. The lowest BCUT2D eigenvalue weighted by Gasteiger charge is -2.04. The number of aromatic amines is 1. The van der Waals surface area contributed by atoms with Gasteiger partial charge in [-0.05, 0) is 28.1 Å². The van der Waals surface area contributed by atoms with Crippen LogP contribution >= 0.6 is 39.3 Å². The van der Waals surface area contributed by atoms with Crippen LogP contribution in [-0.4, -0.2) is 9.97 Å². The van der Waals surface area contributed by atoms with Crippen molar-refractivity contribution in [2.45, 2.75) is 16.5 Å². The number of H-pyrrole nitrogens is 1. The number of aromatic nitrogens is 2. The summed E-state index contributed by atoms with van der Waals surface area (Å²) in [5.74, 6) is 1.48. The number of alkyl halides is 1. The smallest absolute Gasteiger partial charge is 0.251 e. The maximum atomic E-state index is 11.4. The number of nitrogens with one attached hydrogen (secondary N) is 1. The van der Waals surface area contributed by atoms with Crippen LogP contribution in [0.15, 0.2) is 44.5 Å². The largest absolute Gasteiger partial charge is 0.310 e. The van der Waals surface area contributed by atoms with Crippen molar-refractivity contribution in [3.63, 3.8) is 0 Å². The summed E-state index contributed by atoms with van der Waals surface area (Å²) in [6, 6.07) is 9.34. The van der Waals surface area contributed by atoms with Crippen molar-refractivity contribution in [1.29, 1.82) is 0 Å². The molecular weight excluding hydrogens is 336 g/mol. The minimum Gasteiger partial charge on any atom is -0.310 e. The number of rotatable bonds is 4. The molecule has 3 nitrogen and oxygen atoms in total. The van der Waals surface area contributed by atoms with E-state index in [0.29, 0.717) is 17.3 Å². The molecule has 0 saturated heterocycles. The topological polar surface area (TPSA) is 45.8 Å². The number of hydrogen-bond donors (Lipinski definition) is 1. The van der Waals surface area contributed by atoms with Gasteiger partial charge >= 0.3 is 0 Å². The maximum absolute atomic E-state index is 11.4. The van der Waals surface area contributed by atoms with Gasteiger partial charge in [-0.3, -0.25) is 4.79 Å². The zero-order valence-corrected chi connectivity index (χ0v) is 12.5. The van der Waals surface area contributed by atoms with Gasteiger partial charge in [0.1, 0.15) is 5.82 Å². The molecule has 1 heterocycles. The highest BCUT2D eigenvalue weighted by Gasteiger charge is 2.04. The molecule has 6 heteroatoms. The highest BCUT2D eigenvalue weighted by molar-refractivity contribution is 9.10. The summed E-state index contributed by atoms with van der Waals surface area (Å²) in [6.45, 7) is 0. The van der Waals surface area contributed by atoms with Gasteiger partial charge < -0.3 is 4.98 Å². The first kappa shape index (κ1) is 13.6. The molecular formula is C12H10BrClN2OS. The monoisotopic (exact) mass is 344 g/mol. The molecule has 0 aliphatic heterocycles. The Labute approximate surface area is 122 Å². The summed E-state index contributed by atoms with van der Waals surface area (Å²) in [5.41, 5.74) is 0.437. The fraction of sp³-hybridized carbons (Fsp3) is 0.167. The molecule has 0 unspecified atom stereocenters. The molecule has 2 rings (SSSR count). The fourth-order valence-electron chi connectivity index (χ4n) is 1.41. The Bertz CT molecular complexity index is 603. The molecule has 0 saturated carbocycles. The first-order valence-corrected chi connectivity index (χ1v) is 7.53. The van der Waals surface area contributed by atoms with Crippen LogP contribution in [0.1, 0.15) is 11.5 Å². The van der Waals surface area contributed by atoms with E-state index in [-0.39, 0.29) is 11.4 Å². The van der Waals surface area contributed by atoms with Crippen LogP contribution in [0, 0.1) is 0 Å². The first-order chi connectivity index (χ1) is 8.69. The van der Waals surface area contributed by atoms with Crippen molar-refractivity contribution >= 4 is 39.3 Å². The summed E-state index contributed by atoms with van der Waals surface area (Å²) in [4.78, 5) is 19.5. The third-order valence-corrected chi connectivity index (χ3v) is 4.49. The zero-order chi connectivity index (χ0) is 13.0. The third kappa shape index (κ3) is 3.60. The Morgan fingerprint density at radius 3 is 2.89 bits per heavy atom. The van der Waals surface area contributed by atoms with Gasteiger partial charge in [-0.2, -0.15) is 0 Å². The molecule has 0 bridgehead atoms. The fourth-order valence-corrected chi connectivity index (χ4v) is 2.98. The van der Waals surface area contributed by atoms with Crippen molar-refractivity contribution in [1.82, 2.24) is 9.97 Å². The van der Waals surface area contributed by atoms with Crippen molar-refractivity contribution in [2.75, 3.05) is 0 Å². The lowest BCUT2D eigenvalue weighted by Crippen LogP contribution is -2.11. The number of hydrogen-bond acceptors (Lipinski definition) is 3. The highest BCUT2D eigenvalue weighted by atomic mass is 79.9. The SMILES string of the molecule is O=c1cc(CCl)nc(CSc2ccccc2Br)[nH]1. The van der Waals surface area contributed by atoms with Crippen LogP contribution in [0.2, 0.25) is 0 Å². The summed E-state index contributed by atoms with van der Waals surface area (Å²) >= 11 is 10.8. The van der Waals surface area contributed by atoms with Crippen LogP contribution < -0.4 is 5.56 Å². The quantitative estimate of drug-likeness (QED) is 0.681. The molecule has 0 aliphatic carbocycles. The van der Waals surface area contributed by atoms with Gasteiger partial charge in [-0.15, -0.1) is 23.4 Å². The number of benzene rings is 1. The Morgan fingerprint density at radius 2 is 2.17 bits per heavy atom. The van der Waals surface area contributed by atoms with E-state index in [1.807, 2.05) is 24.3 Å². The van der Waals surface area contributed by atoms with Crippen LogP contribution in [-0.2, 0) is 11.6 Å². The maximum Gasteiger partial charge on any atom is 0.251 e. The molecule has 0 spiro atoms. The second-order valence-electron chi connectivity index (χ2n) is 3.54. The zero-order valence-electron chi connectivity index (χ0n) is 9.32. The lowest BCUT2D eigenvalue weighted by atomic mass is 10.4.